The summed E-state index contributed by atoms with van der Waals surface area (Å²) in [7, 11) is 0. The Hall–Kier alpha value is -5.32. The molecule has 47 heavy (non-hydrogen) atoms. The number of alkyl carbamates (subject to hydrolysis) is 1. The van der Waals surface area contributed by atoms with Crippen molar-refractivity contribution < 1.29 is 38.6 Å². The molecule has 1 fully saturated rings. The highest BCUT2D eigenvalue weighted by Gasteiger charge is 2.42. The van der Waals surface area contributed by atoms with Crippen molar-refractivity contribution in [3.05, 3.63) is 107 Å². The van der Waals surface area contributed by atoms with E-state index in [0.29, 0.717) is 6.29 Å². The summed E-state index contributed by atoms with van der Waals surface area (Å²) in [5, 5.41) is 11.7. The van der Waals surface area contributed by atoms with E-state index in [1.54, 1.807) is 24.3 Å². The smallest absolute Gasteiger partial charge is 0.408 e. The molecule has 3 amide bonds. The molecule has 11 nitrogen and oxygen atoms in total. The first-order valence-corrected chi connectivity index (χ1v) is 15.5. The number of ketones is 1. The van der Waals surface area contributed by atoms with E-state index in [-0.39, 0.29) is 39.0 Å². The number of aliphatic carboxylic acids is 1. The number of hydrogen-bond donors (Lipinski definition) is 2. The number of carboxylic acids is 1. The molecule has 0 saturated carbocycles. The molecular weight excluding hydrogens is 602 g/mol. The van der Waals surface area contributed by atoms with Crippen LogP contribution in [0.5, 0.6) is 0 Å². The summed E-state index contributed by atoms with van der Waals surface area (Å²) in [4.78, 5) is 80.1. The fourth-order valence-corrected chi connectivity index (χ4v) is 5.55. The molecule has 2 N–H and O–H groups in total. The average molecular weight is 642 g/mol. The van der Waals surface area contributed by atoms with Gasteiger partial charge in [-0.25, -0.2) is 4.79 Å². The predicted molar refractivity (Wildman–Crippen MR) is 172 cm³/mol. The lowest BCUT2D eigenvalue weighted by Gasteiger charge is -2.31. The van der Waals surface area contributed by atoms with E-state index in [2.05, 4.69) is 5.32 Å². The number of carbonyl (C=O) groups is 6. The Morgan fingerprint density at radius 3 is 2.23 bits per heavy atom. The van der Waals surface area contributed by atoms with Gasteiger partial charge < -0.3 is 29.8 Å². The fourth-order valence-electron chi connectivity index (χ4n) is 5.55. The molecule has 0 aliphatic carbocycles. The van der Waals surface area contributed by atoms with Gasteiger partial charge in [0.2, 0.25) is 11.8 Å². The molecule has 3 aromatic carbocycles. The van der Waals surface area contributed by atoms with Crippen molar-refractivity contribution >= 4 is 35.9 Å². The number of Topliss-reactive ketones (excluding diaryl/α,β-unsaturated/α-hetero) is 1. The van der Waals surface area contributed by atoms with Crippen molar-refractivity contribution in [2.75, 3.05) is 13.1 Å². The largest absolute Gasteiger partial charge is 0.481 e. The van der Waals surface area contributed by atoms with E-state index >= 15 is 0 Å². The van der Waals surface area contributed by atoms with Gasteiger partial charge in [-0.15, -0.1) is 0 Å². The predicted octanol–water partition coefficient (Wildman–Crippen LogP) is 3.71. The molecule has 4 rings (SSSR count). The quantitative estimate of drug-likeness (QED) is 0.239. The van der Waals surface area contributed by atoms with Crippen molar-refractivity contribution in [3.63, 3.8) is 0 Å². The molecule has 1 aliphatic heterocycles. The van der Waals surface area contributed by atoms with Gasteiger partial charge in [-0.05, 0) is 30.0 Å². The molecule has 1 heterocycles. The summed E-state index contributed by atoms with van der Waals surface area (Å²) in [6.07, 6.45) is -0.834. The minimum absolute atomic E-state index is 0.0131. The topological polar surface area (TPSA) is 150 Å². The third kappa shape index (κ3) is 10.4. The van der Waals surface area contributed by atoms with E-state index in [4.69, 9.17) is 9.84 Å². The molecule has 0 unspecified atom stereocenters. The maximum absolute atomic E-state index is 14.3. The van der Waals surface area contributed by atoms with Gasteiger partial charge in [0.15, 0.2) is 5.78 Å². The first kappa shape index (κ1) is 34.6. The lowest BCUT2D eigenvalue weighted by molar-refractivity contribution is -0.144. The second-order valence-corrected chi connectivity index (χ2v) is 11.7. The molecule has 1 saturated heterocycles. The second kappa shape index (κ2) is 16.8. The van der Waals surface area contributed by atoms with Crippen LogP contribution in [0.4, 0.5) is 4.79 Å². The van der Waals surface area contributed by atoms with Gasteiger partial charge in [-0.3, -0.25) is 19.2 Å². The minimum Gasteiger partial charge on any atom is -0.481 e. The second-order valence-electron chi connectivity index (χ2n) is 11.7. The molecule has 3 aromatic rings. The number of benzene rings is 3. The van der Waals surface area contributed by atoms with Crippen LogP contribution < -0.4 is 5.32 Å². The average Bonchev–Trinajstić information content (AvgIpc) is 3.14. The van der Waals surface area contributed by atoms with E-state index in [1.807, 2.05) is 67.6 Å². The van der Waals surface area contributed by atoms with E-state index in [1.165, 1.54) is 9.80 Å². The maximum atomic E-state index is 14.3. The van der Waals surface area contributed by atoms with Crippen molar-refractivity contribution in [2.24, 2.45) is 5.92 Å². The van der Waals surface area contributed by atoms with E-state index < -0.39 is 60.6 Å². The first-order chi connectivity index (χ1) is 22.6. The molecule has 0 radical (unpaired) electrons. The van der Waals surface area contributed by atoms with Crippen molar-refractivity contribution in [1.82, 2.24) is 15.1 Å². The number of ether oxygens (including phenoxy) is 1. The number of aryl methyl sites for hydroxylation is 1. The third-order valence-corrected chi connectivity index (χ3v) is 7.96. The zero-order chi connectivity index (χ0) is 33.8. The van der Waals surface area contributed by atoms with E-state index in [9.17, 15) is 28.8 Å². The molecule has 11 heteroatoms. The lowest BCUT2D eigenvalue weighted by Crippen LogP contribution is -2.54. The van der Waals surface area contributed by atoms with Crippen LogP contribution in [0.25, 0.3) is 0 Å². The van der Waals surface area contributed by atoms with Crippen LogP contribution in [0.1, 0.15) is 41.5 Å². The van der Waals surface area contributed by atoms with Gasteiger partial charge in [-0.1, -0.05) is 90.5 Å². The number of hydrogen-bond acceptors (Lipinski definition) is 7. The zero-order valence-electron chi connectivity index (χ0n) is 26.2. The van der Waals surface area contributed by atoms with Crippen LogP contribution in [0.3, 0.4) is 0 Å². The summed E-state index contributed by atoms with van der Waals surface area (Å²) in [5.41, 5.74) is 3.30. The fraction of sp³-hybridized carbons (Fsp3) is 0.333. The Bertz CT molecular complexity index is 1560. The molecule has 0 spiro atoms. The molecule has 3 atom stereocenters. The van der Waals surface area contributed by atoms with Crippen molar-refractivity contribution in [2.45, 2.75) is 57.8 Å². The van der Waals surface area contributed by atoms with Gasteiger partial charge in [0, 0.05) is 25.3 Å². The summed E-state index contributed by atoms with van der Waals surface area (Å²) >= 11 is 0. The summed E-state index contributed by atoms with van der Waals surface area (Å²) in [6, 6.07) is 23.5. The van der Waals surface area contributed by atoms with Crippen molar-refractivity contribution in [3.8, 4) is 0 Å². The zero-order valence-corrected chi connectivity index (χ0v) is 26.2. The number of aldehydes is 1. The Labute approximate surface area is 273 Å². The monoisotopic (exact) mass is 641 g/mol. The van der Waals surface area contributed by atoms with Gasteiger partial charge in [0.25, 0.3) is 0 Å². The number of carboxylic acid groups (broad SMARTS) is 1. The Kier molecular flexibility index (Phi) is 12.4. The Morgan fingerprint density at radius 1 is 0.936 bits per heavy atom. The van der Waals surface area contributed by atoms with Gasteiger partial charge in [0.1, 0.15) is 25.0 Å². The highest BCUT2D eigenvalue weighted by atomic mass is 16.5. The molecule has 246 valence electrons. The van der Waals surface area contributed by atoms with Crippen LogP contribution in [0, 0.1) is 12.8 Å². The van der Waals surface area contributed by atoms with Crippen LogP contribution in [-0.4, -0.2) is 76.0 Å². The highest BCUT2D eigenvalue weighted by molar-refractivity contribution is 5.97. The standard InChI is InChI=1S/C36H39N3O8/c1-25-9-8-14-28(17-25)18-32-35(45)38(20-26-10-4-2-5-11-26)22-31(37-36(46)47-24-27-12-6-3-7-13-27)34(44)39(32)21-30(41)16-15-29(23-40)19-33(42)43/h2-14,17,23,29,31-32H,15-16,18-22,24H2,1H3,(H,37,46)(H,42,43)/t29-,31-,32-/m0/s1. The van der Waals surface area contributed by atoms with Crippen LogP contribution in [0.15, 0.2) is 84.9 Å². The Balaban J connectivity index is 1.63. The van der Waals surface area contributed by atoms with Crippen LogP contribution in [-0.2, 0) is 48.3 Å². The number of amides is 3. The molecule has 0 aromatic heterocycles. The van der Waals surface area contributed by atoms with E-state index in [0.717, 1.165) is 22.3 Å². The number of carbonyl (C=O) groups excluding carboxylic acids is 5. The highest BCUT2D eigenvalue weighted by Crippen LogP contribution is 2.22. The summed E-state index contributed by atoms with van der Waals surface area (Å²) in [5.74, 6) is -3.49. The normalized spacial score (nSPS) is 17.0. The first-order valence-electron chi connectivity index (χ1n) is 15.5. The summed E-state index contributed by atoms with van der Waals surface area (Å²) < 4.78 is 5.39. The third-order valence-electron chi connectivity index (χ3n) is 7.96. The molecular formula is C36H39N3O8. The summed E-state index contributed by atoms with van der Waals surface area (Å²) in [6.45, 7) is 1.41. The van der Waals surface area contributed by atoms with Crippen LogP contribution in [0.2, 0.25) is 0 Å². The van der Waals surface area contributed by atoms with Gasteiger partial charge in [0.05, 0.1) is 19.5 Å². The number of nitrogens with one attached hydrogen (secondary N) is 1. The molecule has 0 bridgehead atoms. The number of nitrogens with zero attached hydrogens (tertiary/aromatic N) is 2. The van der Waals surface area contributed by atoms with Crippen molar-refractivity contribution in [1.29, 1.82) is 0 Å². The van der Waals surface area contributed by atoms with Crippen LogP contribution >= 0.6 is 0 Å². The van der Waals surface area contributed by atoms with Gasteiger partial charge >= 0.3 is 12.1 Å². The SMILES string of the molecule is Cc1cccc(C[C@H]2C(=O)N(Cc3ccccc3)C[C@H](NC(=O)OCc3ccccc3)C(=O)N2CC(=O)CC[C@H](C=O)CC(=O)O)c1. The Morgan fingerprint density at radius 2 is 1.60 bits per heavy atom. The van der Waals surface area contributed by atoms with Gasteiger partial charge in [-0.2, -0.15) is 0 Å². The minimum atomic E-state index is -1.23. The molecule has 1 aliphatic rings. The lowest BCUT2D eigenvalue weighted by atomic mass is 9.98. The number of rotatable bonds is 15. The maximum Gasteiger partial charge on any atom is 0.408 e.